The highest BCUT2D eigenvalue weighted by molar-refractivity contribution is 5.79. The number of carboxylic acid groups (broad SMARTS) is 1. The van der Waals surface area contributed by atoms with Gasteiger partial charge in [0, 0.05) is 24.2 Å². The van der Waals surface area contributed by atoms with E-state index >= 15 is 0 Å². The van der Waals surface area contributed by atoms with Crippen LogP contribution >= 0.6 is 0 Å². The van der Waals surface area contributed by atoms with Crippen LogP contribution in [0.15, 0.2) is 36.4 Å². The molecule has 0 aliphatic rings. The Labute approximate surface area is 100 Å². The number of hydrogen-bond acceptors (Lipinski definition) is 2. The lowest BCUT2D eigenvalue weighted by Gasteiger charge is -2.23. The van der Waals surface area contributed by atoms with Crippen molar-refractivity contribution in [3.8, 4) is 0 Å². The van der Waals surface area contributed by atoms with E-state index in [0.29, 0.717) is 12.1 Å². The fraction of sp³-hybridized carbons (Fsp3) is 0.308. The van der Waals surface area contributed by atoms with Crippen molar-refractivity contribution >= 4 is 5.97 Å². The zero-order chi connectivity index (χ0) is 12.8. The molecule has 1 unspecified atom stereocenters. The zero-order valence-electron chi connectivity index (χ0n) is 9.93. The summed E-state index contributed by atoms with van der Waals surface area (Å²) in [6, 6.07) is 6.49. The van der Waals surface area contributed by atoms with Crippen LogP contribution in [0.3, 0.4) is 0 Å². The van der Waals surface area contributed by atoms with Gasteiger partial charge in [0.15, 0.2) is 0 Å². The Morgan fingerprint density at radius 1 is 1.53 bits per heavy atom. The minimum Gasteiger partial charge on any atom is -0.478 e. The van der Waals surface area contributed by atoms with Crippen LogP contribution in [0.1, 0.15) is 18.5 Å². The van der Waals surface area contributed by atoms with Gasteiger partial charge in [0.2, 0.25) is 0 Å². The van der Waals surface area contributed by atoms with Crippen molar-refractivity contribution in [3.05, 3.63) is 47.8 Å². The van der Waals surface area contributed by atoms with Crippen molar-refractivity contribution in [1.82, 2.24) is 4.90 Å². The van der Waals surface area contributed by atoms with Gasteiger partial charge in [-0.3, -0.25) is 4.90 Å². The minimum atomic E-state index is -0.975. The number of benzene rings is 1. The Kier molecular flexibility index (Phi) is 4.84. The molecule has 17 heavy (non-hydrogen) atoms. The second kappa shape index (κ2) is 6.15. The summed E-state index contributed by atoms with van der Waals surface area (Å²) in [5, 5.41) is 8.46. The van der Waals surface area contributed by atoms with E-state index in [4.69, 9.17) is 5.11 Å². The summed E-state index contributed by atoms with van der Waals surface area (Å²) in [6.07, 6.45) is 2.63. The molecule has 0 aromatic heterocycles. The number of halogens is 1. The SMILES string of the molecule is CC(c1ccccc1F)N(C)CC=CC(=O)O. The summed E-state index contributed by atoms with van der Waals surface area (Å²) in [5.74, 6) is -1.22. The van der Waals surface area contributed by atoms with E-state index < -0.39 is 5.97 Å². The number of aliphatic carboxylic acids is 1. The summed E-state index contributed by atoms with van der Waals surface area (Å²) in [4.78, 5) is 12.2. The molecule has 0 saturated heterocycles. The number of nitrogens with zero attached hydrogens (tertiary/aromatic N) is 1. The van der Waals surface area contributed by atoms with Crippen LogP contribution in [0.25, 0.3) is 0 Å². The van der Waals surface area contributed by atoms with Gasteiger partial charge in [0.25, 0.3) is 0 Å². The van der Waals surface area contributed by atoms with Gasteiger partial charge in [-0.2, -0.15) is 0 Å². The molecular weight excluding hydrogens is 221 g/mol. The van der Waals surface area contributed by atoms with E-state index in [1.165, 1.54) is 6.07 Å². The van der Waals surface area contributed by atoms with Gasteiger partial charge in [-0.05, 0) is 20.0 Å². The lowest BCUT2D eigenvalue weighted by atomic mass is 10.1. The molecule has 4 heteroatoms. The molecular formula is C13H16FNO2. The normalized spacial score (nSPS) is 13.2. The molecule has 1 aromatic carbocycles. The van der Waals surface area contributed by atoms with Crippen molar-refractivity contribution in [2.24, 2.45) is 0 Å². The van der Waals surface area contributed by atoms with Crippen molar-refractivity contribution in [3.63, 3.8) is 0 Å². The highest BCUT2D eigenvalue weighted by Crippen LogP contribution is 2.21. The third-order valence-corrected chi connectivity index (χ3v) is 2.67. The van der Waals surface area contributed by atoms with Crippen LogP contribution in [0, 0.1) is 5.82 Å². The zero-order valence-corrected chi connectivity index (χ0v) is 9.93. The second-order valence-corrected chi connectivity index (χ2v) is 3.88. The van der Waals surface area contributed by atoms with E-state index in [9.17, 15) is 9.18 Å². The van der Waals surface area contributed by atoms with Crippen LogP contribution < -0.4 is 0 Å². The maximum atomic E-state index is 13.5. The summed E-state index contributed by atoms with van der Waals surface area (Å²) in [7, 11) is 1.82. The molecule has 0 aliphatic carbocycles. The van der Waals surface area contributed by atoms with Gasteiger partial charge in [0.05, 0.1) is 0 Å². The molecule has 1 rings (SSSR count). The Bertz CT molecular complexity index is 418. The largest absolute Gasteiger partial charge is 0.478 e. The van der Waals surface area contributed by atoms with Gasteiger partial charge < -0.3 is 5.11 Å². The maximum absolute atomic E-state index is 13.5. The van der Waals surface area contributed by atoms with E-state index in [-0.39, 0.29) is 11.9 Å². The molecule has 0 aliphatic heterocycles. The maximum Gasteiger partial charge on any atom is 0.328 e. The monoisotopic (exact) mass is 237 g/mol. The van der Waals surface area contributed by atoms with Gasteiger partial charge >= 0.3 is 5.97 Å². The standard InChI is InChI=1S/C13H16FNO2/c1-10(11-6-3-4-7-12(11)14)15(2)9-5-8-13(16)17/h3-8,10H,9H2,1-2H3,(H,16,17). The first-order chi connectivity index (χ1) is 8.02. The van der Waals surface area contributed by atoms with E-state index in [0.717, 1.165) is 6.08 Å². The molecule has 1 N–H and O–H groups in total. The quantitative estimate of drug-likeness (QED) is 0.800. The smallest absolute Gasteiger partial charge is 0.328 e. The van der Waals surface area contributed by atoms with Crippen molar-refractivity contribution in [1.29, 1.82) is 0 Å². The number of hydrogen-bond donors (Lipinski definition) is 1. The van der Waals surface area contributed by atoms with E-state index in [1.54, 1.807) is 24.3 Å². The Morgan fingerprint density at radius 3 is 2.76 bits per heavy atom. The first-order valence-corrected chi connectivity index (χ1v) is 5.36. The predicted octanol–water partition coefficient (Wildman–Crippen LogP) is 2.46. The Morgan fingerprint density at radius 2 is 2.18 bits per heavy atom. The van der Waals surface area contributed by atoms with E-state index in [1.807, 2.05) is 18.9 Å². The molecule has 92 valence electrons. The summed E-state index contributed by atoms with van der Waals surface area (Å²) >= 11 is 0. The van der Waals surface area contributed by atoms with Crippen LogP contribution in [0.4, 0.5) is 4.39 Å². The summed E-state index contributed by atoms with van der Waals surface area (Å²) < 4.78 is 13.5. The number of carbonyl (C=O) groups is 1. The highest BCUT2D eigenvalue weighted by Gasteiger charge is 2.13. The van der Waals surface area contributed by atoms with Crippen LogP contribution in [-0.4, -0.2) is 29.6 Å². The van der Waals surface area contributed by atoms with Gasteiger partial charge in [-0.25, -0.2) is 9.18 Å². The third-order valence-electron chi connectivity index (χ3n) is 2.67. The predicted molar refractivity (Wildman–Crippen MR) is 64.2 cm³/mol. The van der Waals surface area contributed by atoms with Crippen LogP contribution in [0.5, 0.6) is 0 Å². The number of carboxylic acids is 1. The highest BCUT2D eigenvalue weighted by atomic mass is 19.1. The minimum absolute atomic E-state index is 0.102. The van der Waals surface area contributed by atoms with E-state index in [2.05, 4.69) is 0 Å². The molecule has 0 amide bonds. The fourth-order valence-corrected chi connectivity index (χ4v) is 1.53. The molecule has 1 aromatic rings. The molecule has 3 nitrogen and oxygen atoms in total. The molecule has 1 atom stereocenters. The Balaban J connectivity index is 2.67. The molecule has 0 bridgehead atoms. The number of likely N-dealkylation sites (N-methyl/N-ethyl adjacent to an activating group) is 1. The lowest BCUT2D eigenvalue weighted by Crippen LogP contribution is -2.23. The third kappa shape index (κ3) is 4.00. The Hall–Kier alpha value is -1.68. The first-order valence-electron chi connectivity index (χ1n) is 5.36. The lowest BCUT2D eigenvalue weighted by molar-refractivity contribution is -0.131. The van der Waals surface area contributed by atoms with Crippen molar-refractivity contribution in [2.45, 2.75) is 13.0 Å². The molecule has 0 spiro atoms. The topological polar surface area (TPSA) is 40.5 Å². The van der Waals surface area contributed by atoms with Crippen molar-refractivity contribution < 1.29 is 14.3 Å². The van der Waals surface area contributed by atoms with Gasteiger partial charge in [-0.15, -0.1) is 0 Å². The number of rotatable bonds is 5. The molecule has 0 fully saturated rings. The molecule has 0 saturated carbocycles. The molecule has 0 radical (unpaired) electrons. The van der Waals surface area contributed by atoms with Gasteiger partial charge in [0.1, 0.15) is 5.82 Å². The average Bonchev–Trinajstić information content (AvgIpc) is 2.28. The second-order valence-electron chi connectivity index (χ2n) is 3.88. The summed E-state index contributed by atoms with van der Waals surface area (Å²) in [6.45, 7) is 2.34. The fourth-order valence-electron chi connectivity index (χ4n) is 1.53. The first kappa shape index (κ1) is 13.4. The van der Waals surface area contributed by atoms with Crippen LogP contribution in [0.2, 0.25) is 0 Å². The van der Waals surface area contributed by atoms with Crippen LogP contribution in [-0.2, 0) is 4.79 Å². The molecule has 0 heterocycles. The summed E-state index contributed by atoms with van der Waals surface area (Å²) in [5.41, 5.74) is 0.610. The average molecular weight is 237 g/mol. The van der Waals surface area contributed by atoms with Gasteiger partial charge in [-0.1, -0.05) is 24.3 Å². The van der Waals surface area contributed by atoms with Crippen molar-refractivity contribution in [2.75, 3.05) is 13.6 Å².